The molecule has 3 rings (SSSR count). The maximum absolute atomic E-state index is 12.6. The van der Waals surface area contributed by atoms with E-state index in [9.17, 15) is 14.4 Å². The number of allylic oxidation sites excluding steroid dienone is 2. The summed E-state index contributed by atoms with van der Waals surface area (Å²) in [6.07, 6.45) is 15.6. The average Bonchev–Trinajstić information content (AvgIpc) is 2.71. The van der Waals surface area contributed by atoms with Gasteiger partial charge in [-0.25, -0.2) is 4.79 Å². The van der Waals surface area contributed by atoms with E-state index in [2.05, 4.69) is 23.3 Å². The van der Waals surface area contributed by atoms with Crippen LogP contribution in [-0.4, -0.2) is 41.5 Å². The molecule has 2 aliphatic carbocycles. The molecule has 1 heterocycles. The van der Waals surface area contributed by atoms with Gasteiger partial charge < -0.3 is 5.32 Å². The molecular weight excluding hydrogens is 354 g/mol. The maximum atomic E-state index is 12.6. The Morgan fingerprint density at radius 3 is 2.89 bits per heavy atom. The number of unbranched alkanes of at least 4 members (excludes halogenated alkanes) is 2. The van der Waals surface area contributed by atoms with Crippen molar-refractivity contribution in [2.75, 3.05) is 13.1 Å². The van der Waals surface area contributed by atoms with Gasteiger partial charge >= 0.3 is 6.03 Å². The first-order valence-electron chi connectivity index (χ1n) is 10.4. The van der Waals surface area contributed by atoms with Gasteiger partial charge in [-0.05, 0) is 44.6 Å². The molecule has 0 spiro atoms. The van der Waals surface area contributed by atoms with Crippen LogP contribution in [-0.2, 0) is 9.59 Å². The van der Waals surface area contributed by atoms with E-state index in [0.29, 0.717) is 24.4 Å². The number of amides is 4. The molecule has 1 aliphatic heterocycles. The number of carbonyl (C=O) groups excluding carboxylic acids is 3. The number of nitrogens with one attached hydrogen (secondary N) is 1. The van der Waals surface area contributed by atoms with Gasteiger partial charge in [0.1, 0.15) is 0 Å². The van der Waals surface area contributed by atoms with Crippen LogP contribution >= 0.6 is 0 Å². The fourth-order valence-corrected chi connectivity index (χ4v) is 3.78. The van der Waals surface area contributed by atoms with Gasteiger partial charge in [-0.15, -0.1) is 0 Å². The van der Waals surface area contributed by atoms with Gasteiger partial charge in [0.15, 0.2) is 0 Å². The molecular formula is C22H29N3O3. The summed E-state index contributed by atoms with van der Waals surface area (Å²) in [6.45, 7) is 3.07. The molecule has 0 fully saturated rings. The van der Waals surface area contributed by atoms with Crippen molar-refractivity contribution in [1.29, 1.82) is 0 Å². The van der Waals surface area contributed by atoms with Crippen LogP contribution < -0.4 is 5.32 Å². The highest BCUT2D eigenvalue weighted by molar-refractivity contribution is 6.23. The minimum Gasteiger partial charge on any atom is -0.352 e. The lowest BCUT2D eigenvalue weighted by atomic mass is 9.91. The lowest BCUT2D eigenvalue weighted by Crippen LogP contribution is -2.46. The molecule has 6 nitrogen and oxygen atoms in total. The number of fused-ring (bicyclic) bond motifs is 1. The quantitative estimate of drug-likeness (QED) is 0.513. The number of carbonyl (C=O) groups is 3. The topological polar surface area (TPSA) is 78.8 Å². The van der Waals surface area contributed by atoms with Crippen molar-refractivity contribution < 1.29 is 14.4 Å². The van der Waals surface area contributed by atoms with Gasteiger partial charge in [0.25, 0.3) is 5.91 Å². The Kier molecular flexibility index (Phi) is 6.95. The zero-order chi connectivity index (χ0) is 19.9. The summed E-state index contributed by atoms with van der Waals surface area (Å²) in [5.74, 6) is -1.01. The monoisotopic (exact) mass is 383 g/mol. The Bertz CT molecular complexity index is 761. The third kappa shape index (κ3) is 4.86. The van der Waals surface area contributed by atoms with Gasteiger partial charge in [0.2, 0.25) is 5.91 Å². The zero-order valence-electron chi connectivity index (χ0n) is 16.6. The molecule has 3 aliphatic rings. The molecule has 0 aromatic heterocycles. The molecule has 6 heteroatoms. The summed E-state index contributed by atoms with van der Waals surface area (Å²) in [4.78, 5) is 42.6. The minimum absolute atomic E-state index is 0.195. The summed E-state index contributed by atoms with van der Waals surface area (Å²) in [5, 5.41) is 2.93. The van der Waals surface area contributed by atoms with Crippen LogP contribution in [0.5, 0.6) is 0 Å². The highest BCUT2D eigenvalue weighted by Gasteiger charge is 2.36. The first-order chi connectivity index (χ1) is 13.6. The molecule has 0 radical (unpaired) electrons. The molecule has 1 atom stereocenters. The Labute approximate surface area is 166 Å². The third-order valence-corrected chi connectivity index (χ3v) is 5.44. The summed E-state index contributed by atoms with van der Waals surface area (Å²) < 4.78 is 0. The Morgan fingerprint density at radius 1 is 1.29 bits per heavy atom. The number of imide groups is 1. The normalized spacial score (nSPS) is 21.7. The van der Waals surface area contributed by atoms with E-state index in [1.165, 1.54) is 23.3 Å². The molecule has 150 valence electrons. The largest absolute Gasteiger partial charge is 0.352 e. The standard InChI is InChI=1S/C22H29N3O3/c1-2-3-7-14-25-21(27)18-11-10-17(15-19(18)24-22(25)28)20(26)23-13-12-16-8-5-4-6-9-16/h8,10-11,15,18H,2-7,9,12-14H2,1H3,(H,23,26). The molecule has 0 aromatic rings. The van der Waals surface area contributed by atoms with Crippen molar-refractivity contribution in [2.45, 2.75) is 58.3 Å². The van der Waals surface area contributed by atoms with Crippen LogP contribution in [0, 0.1) is 5.92 Å². The van der Waals surface area contributed by atoms with E-state index in [1.54, 1.807) is 18.2 Å². The van der Waals surface area contributed by atoms with Crippen molar-refractivity contribution in [2.24, 2.45) is 10.9 Å². The van der Waals surface area contributed by atoms with Crippen molar-refractivity contribution >= 4 is 23.6 Å². The van der Waals surface area contributed by atoms with Gasteiger partial charge in [-0.2, -0.15) is 4.99 Å². The summed E-state index contributed by atoms with van der Waals surface area (Å²) in [5.41, 5.74) is 2.22. The highest BCUT2D eigenvalue weighted by Crippen LogP contribution is 2.23. The van der Waals surface area contributed by atoms with Crippen LogP contribution in [0.25, 0.3) is 0 Å². The second kappa shape index (κ2) is 9.62. The second-order valence-corrected chi connectivity index (χ2v) is 7.57. The van der Waals surface area contributed by atoms with Crippen LogP contribution in [0.3, 0.4) is 0 Å². The molecule has 28 heavy (non-hydrogen) atoms. The predicted molar refractivity (Wildman–Crippen MR) is 109 cm³/mol. The van der Waals surface area contributed by atoms with E-state index in [0.717, 1.165) is 38.5 Å². The first-order valence-corrected chi connectivity index (χ1v) is 10.4. The fourth-order valence-electron chi connectivity index (χ4n) is 3.78. The van der Waals surface area contributed by atoms with E-state index >= 15 is 0 Å². The fraction of sp³-hybridized carbons (Fsp3) is 0.545. The SMILES string of the molecule is CCCCCN1C(=O)N=C2C=C(C(=O)NCCC3=CCCCC3)C=CC2C1=O. The number of urea groups is 1. The molecule has 0 aromatic carbocycles. The molecule has 1 unspecified atom stereocenters. The summed E-state index contributed by atoms with van der Waals surface area (Å²) in [7, 11) is 0. The van der Waals surface area contributed by atoms with Crippen molar-refractivity contribution in [1.82, 2.24) is 10.2 Å². The van der Waals surface area contributed by atoms with Gasteiger partial charge in [0, 0.05) is 18.7 Å². The Hall–Kier alpha value is -2.50. The number of rotatable bonds is 8. The van der Waals surface area contributed by atoms with E-state index in [4.69, 9.17) is 0 Å². The average molecular weight is 383 g/mol. The molecule has 0 bridgehead atoms. The van der Waals surface area contributed by atoms with Crippen LogP contribution in [0.15, 0.2) is 40.4 Å². The number of aliphatic imine (C=N–C) groups is 1. The van der Waals surface area contributed by atoms with Crippen molar-refractivity contribution in [3.8, 4) is 0 Å². The van der Waals surface area contributed by atoms with Gasteiger partial charge in [-0.1, -0.05) is 43.6 Å². The molecule has 1 N–H and O–H groups in total. The number of nitrogens with zero attached hydrogens (tertiary/aromatic N) is 2. The van der Waals surface area contributed by atoms with E-state index in [-0.39, 0.29) is 11.8 Å². The molecule has 4 amide bonds. The molecule has 0 saturated heterocycles. The van der Waals surface area contributed by atoms with Gasteiger partial charge in [0.05, 0.1) is 11.6 Å². The van der Waals surface area contributed by atoms with Crippen molar-refractivity contribution in [3.63, 3.8) is 0 Å². The van der Waals surface area contributed by atoms with E-state index in [1.807, 2.05) is 0 Å². The van der Waals surface area contributed by atoms with Gasteiger partial charge in [-0.3, -0.25) is 14.5 Å². The van der Waals surface area contributed by atoms with Crippen LogP contribution in [0.2, 0.25) is 0 Å². The minimum atomic E-state index is -0.566. The lowest BCUT2D eigenvalue weighted by Gasteiger charge is -2.29. The Morgan fingerprint density at radius 2 is 2.14 bits per heavy atom. The highest BCUT2D eigenvalue weighted by atomic mass is 16.2. The number of hydrogen-bond acceptors (Lipinski definition) is 3. The number of hydrogen-bond donors (Lipinski definition) is 1. The smallest absolute Gasteiger partial charge is 0.350 e. The lowest BCUT2D eigenvalue weighted by molar-refractivity contribution is -0.129. The molecule has 0 saturated carbocycles. The second-order valence-electron chi connectivity index (χ2n) is 7.57. The third-order valence-electron chi connectivity index (χ3n) is 5.44. The van der Waals surface area contributed by atoms with Crippen LogP contribution in [0.1, 0.15) is 58.3 Å². The summed E-state index contributed by atoms with van der Waals surface area (Å²) in [6, 6.07) is -0.525. The van der Waals surface area contributed by atoms with Crippen LogP contribution in [0.4, 0.5) is 4.79 Å². The maximum Gasteiger partial charge on any atom is 0.350 e. The first kappa shape index (κ1) is 20.2. The van der Waals surface area contributed by atoms with E-state index < -0.39 is 11.9 Å². The Balaban J connectivity index is 1.59. The zero-order valence-corrected chi connectivity index (χ0v) is 16.6. The summed E-state index contributed by atoms with van der Waals surface area (Å²) >= 11 is 0. The van der Waals surface area contributed by atoms with Crippen molar-refractivity contribution in [3.05, 3.63) is 35.5 Å². The predicted octanol–water partition coefficient (Wildman–Crippen LogP) is 3.70.